The second-order valence-corrected chi connectivity index (χ2v) is 16.8. The first-order chi connectivity index (χ1) is 34.9. The molecule has 0 unspecified atom stereocenters. The summed E-state index contributed by atoms with van der Waals surface area (Å²) < 4.78 is 31.7. The third-order valence-electron chi connectivity index (χ3n) is 11.8. The van der Waals surface area contributed by atoms with Crippen molar-refractivity contribution in [2.75, 3.05) is 27.4 Å². The van der Waals surface area contributed by atoms with Crippen LogP contribution in [-0.4, -0.2) is 63.6 Å². The fourth-order valence-corrected chi connectivity index (χ4v) is 8.14. The van der Waals surface area contributed by atoms with Crippen molar-refractivity contribution in [1.29, 1.82) is 0 Å². The Bertz CT molecular complexity index is 3140. The summed E-state index contributed by atoms with van der Waals surface area (Å²) in [6.07, 6.45) is 6.00. The Morgan fingerprint density at radius 3 is 1.42 bits per heavy atom. The van der Waals surface area contributed by atoms with Crippen LogP contribution in [0.15, 0.2) is 176 Å². The second kappa shape index (κ2) is 24.8. The lowest BCUT2D eigenvalue weighted by atomic mass is 10.2. The zero-order valence-corrected chi connectivity index (χ0v) is 40.1. The highest BCUT2D eigenvalue weighted by Crippen LogP contribution is 2.34. The molecule has 12 nitrogen and oxygen atoms in total. The highest BCUT2D eigenvalue weighted by atomic mass is 16.5. The summed E-state index contributed by atoms with van der Waals surface area (Å²) in [6.45, 7) is 1.64. The molecule has 0 fully saturated rings. The molecule has 0 saturated heterocycles. The Morgan fingerprint density at radius 1 is 0.465 bits per heavy atom. The van der Waals surface area contributed by atoms with Gasteiger partial charge in [-0.2, -0.15) is 0 Å². The lowest BCUT2D eigenvalue weighted by Gasteiger charge is -2.13. The van der Waals surface area contributed by atoms with Crippen LogP contribution < -0.4 is 14.2 Å². The predicted molar refractivity (Wildman–Crippen MR) is 277 cm³/mol. The van der Waals surface area contributed by atoms with Gasteiger partial charge in [-0.05, 0) is 92.6 Å². The molecule has 0 saturated carbocycles. The van der Waals surface area contributed by atoms with Gasteiger partial charge in [0.25, 0.3) is 0 Å². The van der Waals surface area contributed by atoms with E-state index in [1.807, 2.05) is 138 Å². The fraction of sp³-hybridized carbons (Fsp3) is 0.220. The molecule has 0 bridgehead atoms. The number of carbonyl (C=O) groups excluding carboxylic acids is 2. The molecule has 0 atom stereocenters. The van der Waals surface area contributed by atoms with Crippen molar-refractivity contribution >= 4 is 34.0 Å². The molecule has 2 aromatic heterocycles. The number of aromatic hydroxyl groups is 1. The molecular weight excluding hydrogens is 893 g/mol. The highest BCUT2D eigenvalue weighted by molar-refractivity contribution is 5.86. The van der Waals surface area contributed by atoms with Gasteiger partial charge < -0.3 is 28.8 Å². The molecule has 7 aromatic carbocycles. The van der Waals surface area contributed by atoms with Gasteiger partial charge in [-0.25, -0.2) is 9.97 Å². The lowest BCUT2D eigenvalue weighted by molar-refractivity contribution is -0.141. The molecule has 0 radical (unpaired) electrons. The first-order valence-corrected chi connectivity index (χ1v) is 24.0. The molecule has 362 valence electrons. The highest BCUT2D eigenvalue weighted by Gasteiger charge is 2.18. The standard InChI is InChI=1S/C33H32N2O4.C26H26N2O4/c1-37-32(36)18-9-4-10-21-38-29-19-20-30-31(23-29)35(33(34-30)26-14-7-3-8-15-26)27-16-11-17-28(22-27)39-24-25-12-5-2-6-13-25;1-31-25(30)13-6-3-7-16-32-22-14-15-23-24(18-22)28(20-11-8-12-21(29)17-20)26(27-23)19-9-4-2-5-10-19/h2-3,5-8,11-17,19-20,22-23H,4,9-10,18,21,24H2,1H3;2,4-5,8-12,14-15,17-18,29H,3,6-7,13,16H2,1H3. The summed E-state index contributed by atoms with van der Waals surface area (Å²) in [7, 11) is 2.83. The van der Waals surface area contributed by atoms with Gasteiger partial charge in [-0.3, -0.25) is 18.7 Å². The second-order valence-electron chi connectivity index (χ2n) is 16.8. The maximum atomic E-state index is 11.3. The van der Waals surface area contributed by atoms with E-state index in [1.54, 1.807) is 12.1 Å². The number of hydrogen-bond donors (Lipinski definition) is 1. The predicted octanol–water partition coefficient (Wildman–Crippen LogP) is 12.9. The van der Waals surface area contributed by atoms with E-state index in [-0.39, 0.29) is 17.7 Å². The molecule has 0 aliphatic rings. The van der Waals surface area contributed by atoms with E-state index in [9.17, 15) is 14.7 Å². The smallest absolute Gasteiger partial charge is 0.305 e. The molecule has 2 heterocycles. The average Bonchev–Trinajstić information content (AvgIpc) is 4.00. The van der Waals surface area contributed by atoms with Gasteiger partial charge in [0, 0.05) is 48.2 Å². The number of phenolic OH excluding ortho intramolecular Hbond substituents is 1. The summed E-state index contributed by atoms with van der Waals surface area (Å²) >= 11 is 0. The summed E-state index contributed by atoms with van der Waals surface area (Å²) in [4.78, 5) is 32.3. The van der Waals surface area contributed by atoms with Gasteiger partial charge in [0.2, 0.25) is 0 Å². The molecule has 0 amide bonds. The van der Waals surface area contributed by atoms with Gasteiger partial charge in [0.15, 0.2) is 0 Å². The number of imidazole rings is 2. The minimum atomic E-state index is -0.175. The lowest BCUT2D eigenvalue weighted by Crippen LogP contribution is -2.02. The number of methoxy groups -OCH3 is 2. The van der Waals surface area contributed by atoms with Crippen LogP contribution in [0.3, 0.4) is 0 Å². The summed E-state index contributed by atoms with van der Waals surface area (Å²) in [6, 6.07) is 57.4. The Morgan fingerprint density at radius 2 is 0.930 bits per heavy atom. The number of aromatic nitrogens is 4. The molecular formula is C59H58N4O8. The molecule has 9 aromatic rings. The number of unbranched alkanes of at least 4 members (excludes halogenated alkanes) is 4. The topological polar surface area (TPSA) is 136 Å². The Hall–Kier alpha value is -8.38. The van der Waals surface area contributed by atoms with Crippen molar-refractivity contribution in [3.63, 3.8) is 0 Å². The summed E-state index contributed by atoms with van der Waals surface area (Å²) in [5, 5.41) is 10.0. The van der Waals surface area contributed by atoms with Gasteiger partial charge >= 0.3 is 11.9 Å². The van der Waals surface area contributed by atoms with E-state index in [1.165, 1.54) is 14.2 Å². The van der Waals surface area contributed by atoms with Crippen LogP contribution >= 0.6 is 0 Å². The van der Waals surface area contributed by atoms with Gasteiger partial charge in [0.05, 0.1) is 60.9 Å². The van der Waals surface area contributed by atoms with Crippen LogP contribution in [0, 0.1) is 0 Å². The third kappa shape index (κ3) is 13.2. The maximum Gasteiger partial charge on any atom is 0.305 e. The number of hydrogen-bond acceptors (Lipinski definition) is 10. The number of nitrogens with zero attached hydrogens (tertiary/aromatic N) is 4. The van der Waals surface area contributed by atoms with Crippen molar-refractivity contribution in [3.05, 3.63) is 181 Å². The molecule has 12 heteroatoms. The SMILES string of the molecule is COC(=O)CCCCCOc1ccc2nc(-c3ccccc3)n(-c3cccc(O)c3)c2c1.COC(=O)CCCCCOc1ccc2nc(-c3ccccc3)n(-c3cccc(OCc4ccccc4)c3)c2c1. The molecule has 0 aliphatic heterocycles. The van der Waals surface area contributed by atoms with E-state index in [0.717, 1.165) is 118 Å². The number of ether oxygens (including phenoxy) is 5. The number of fused-ring (bicyclic) bond motifs is 2. The Kier molecular flexibility index (Phi) is 17.1. The summed E-state index contributed by atoms with van der Waals surface area (Å²) in [5.74, 6) is 3.83. The molecule has 1 N–H and O–H groups in total. The first kappa shape index (κ1) is 49.1. The van der Waals surface area contributed by atoms with Crippen molar-refractivity contribution in [3.8, 4) is 57.1 Å². The van der Waals surface area contributed by atoms with Crippen LogP contribution in [0.4, 0.5) is 0 Å². The quantitative estimate of drug-likeness (QED) is 0.0547. The molecule has 0 aliphatic carbocycles. The summed E-state index contributed by atoms with van der Waals surface area (Å²) in [5.41, 5.74) is 8.50. The molecule has 0 spiro atoms. The number of esters is 2. The average molecular weight is 951 g/mol. The van der Waals surface area contributed by atoms with Crippen molar-refractivity contribution < 1.29 is 38.4 Å². The van der Waals surface area contributed by atoms with E-state index >= 15 is 0 Å². The Balaban J connectivity index is 0.000000194. The zero-order chi connectivity index (χ0) is 49.2. The van der Waals surface area contributed by atoms with E-state index < -0.39 is 0 Å². The maximum absolute atomic E-state index is 11.3. The molecule has 9 rings (SSSR count). The van der Waals surface area contributed by atoms with Crippen LogP contribution in [0.25, 0.3) is 56.2 Å². The first-order valence-electron chi connectivity index (χ1n) is 24.0. The van der Waals surface area contributed by atoms with Crippen molar-refractivity contribution in [2.45, 2.75) is 58.0 Å². The van der Waals surface area contributed by atoms with E-state index in [0.29, 0.717) is 32.7 Å². The fourth-order valence-electron chi connectivity index (χ4n) is 8.14. The number of phenols is 1. The zero-order valence-electron chi connectivity index (χ0n) is 40.1. The van der Waals surface area contributed by atoms with Crippen LogP contribution in [0.1, 0.15) is 56.9 Å². The molecule has 71 heavy (non-hydrogen) atoms. The van der Waals surface area contributed by atoms with E-state index in [2.05, 4.69) is 39.6 Å². The minimum Gasteiger partial charge on any atom is -0.508 e. The van der Waals surface area contributed by atoms with Crippen LogP contribution in [0.2, 0.25) is 0 Å². The van der Waals surface area contributed by atoms with Crippen LogP contribution in [0.5, 0.6) is 23.0 Å². The minimum absolute atomic E-state index is 0.168. The van der Waals surface area contributed by atoms with Crippen molar-refractivity contribution in [2.24, 2.45) is 0 Å². The van der Waals surface area contributed by atoms with Gasteiger partial charge in [-0.1, -0.05) is 103 Å². The number of rotatable bonds is 21. The third-order valence-corrected chi connectivity index (χ3v) is 11.8. The largest absolute Gasteiger partial charge is 0.508 e. The van der Waals surface area contributed by atoms with E-state index in [4.69, 9.17) is 28.9 Å². The van der Waals surface area contributed by atoms with Crippen molar-refractivity contribution in [1.82, 2.24) is 19.1 Å². The number of carbonyl (C=O) groups is 2. The monoisotopic (exact) mass is 950 g/mol. The van der Waals surface area contributed by atoms with Gasteiger partial charge in [0.1, 0.15) is 41.3 Å². The number of benzene rings is 7. The van der Waals surface area contributed by atoms with Gasteiger partial charge in [-0.15, -0.1) is 0 Å². The van der Waals surface area contributed by atoms with Crippen LogP contribution in [-0.2, 0) is 25.7 Å². The normalized spacial score (nSPS) is 10.9. The Labute approximate surface area is 414 Å².